The zero-order valence-corrected chi connectivity index (χ0v) is 15.8. The van der Waals surface area contributed by atoms with Gasteiger partial charge in [0.05, 0.1) is 19.8 Å². The molecule has 0 radical (unpaired) electrons. The smallest absolute Gasteiger partial charge is 0.319 e. The van der Waals surface area contributed by atoms with Crippen molar-refractivity contribution in [3.63, 3.8) is 0 Å². The third-order valence-corrected chi connectivity index (χ3v) is 5.97. The van der Waals surface area contributed by atoms with Crippen LogP contribution in [0, 0.1) is 0 Å². The van der Waals surface area contributed by atoms with E-state index in [2.05, 4.69) is 26.7 Å². The van der Waals surface area contributed by atoms with Gasteiger partial charge >= 0.3 is 6.03 Å². The third-order valence-electron chi connectivity index (χ3n) is 5.97. The van der Waals surface area contributed by atoms with Crippen molar-refractivity contribution < 1.29 is 9.53 Å². The van der Waals surface area contributed by atoms with E-state index in [-0.39, 0.29) is 6.03 Å². The van der Waals surface area contributed by atoms with Crippen molar-refractivity contribution in [1.29, 1.82) is 0 Å². The first-order valence-electron chi connectivity index (χ1n) is 9.94. The van der Waals surface area contributed by atoms with Crippen LogP contribution in [0.1, 0.15) is 43.3 Å². The number of carbonyl (C=O) groups is 1. The van der Waals surface area contributed by atoms with Crippen molar-refractivity contribution in [3.8, 4) is 0 Å². The van der Waals surface area contributed by atoms with Gasteiger partial charge in [-0.15, -0.1) is 10.2 Å². The van der Waals surface area contributed by atoms with Gasteiger partial charge in [-0.05, 0) is 25.7 Å². The van der Waals surface area contributed by atoms with E-state index in [1.165, 1.54) is 0 Å². The van der Waals surface area contributed by atoms with Crippen LogP contribution < -0.4 is 0 Å². The lowest BCUT2D eigenvalue weighted by atomic mass is 9.96. The number of amides is 2. The van der Waals surface area contributed by atoms with Crippen molar-refractivity contribution >= 4 is 6.03 Å². The number of hydrogen-bond donors (Lipinski definition) is 0. The van der Waals surface area contributed by atoms with E-state index in [9.17, 15) is 4.79 Å². The molecule has 0 saturated carbocycles. The number of carbonyl (C=O) groups excluding carboxylic acids is 1. The monoisotopic (exact) mass is 362 g/mol. The summed E-state index contributed by atoms with van der Waals surface area (Å²) in [4.78, 5) is 18.9. The summed E-state index contributed by atoms with van der Waals surface area (Å²) in [5.41, 5.74) is 0. The number of aromatic nitrogens is 3. The molecule has 144 valence electrons. The quantitative estimate of drug-likeness (QED) is 0.804. The molecule has 8 nitrogen and oxygen atoms in total. The number of likely N-dealkylation sites (tertiary alicyclic amines) is 2. The minimum atomic E-state index is 0.229. The average molecular weight is 362 g/mol. The number of piperidine rings is 1. The molecule has 0 aliphatic carbocycles. The van der Waals surface area contributed by atoms with E-state index >= 15 is 0 Å². The maximum Gasteiger partial charge on any atom is 0.319 e. The van der Waals surface area contributed by atoms with Gasteiger partial charge in [0.15, 0.2) is 0 Å². The van der Waals surface area contributed by atoms with Crippen molar-refractivity contribution in [2.75, 3.05) is 52.5 Å². The van der Waals surface area contributed by atoms with E-state index in [4.69, 9.17) is 4.74 Å². The van der Waals surface area contributed by atoms with Crippen LogP contribution in [0.2, 0.25) is 0 Å². The fraction of sp³-hybridized carbons (Fsp3) is 0.833. The van der Waals surface area contributed by atoms with Crippen LogP contribution >= 0.6 is 0 Å². The molecule has 3 saturated heterocycles. The molecule has 4 heterocycles. The molecule has 1 aromatic heterocycles. The second-order valence-electron chi connectivity index (χ2n) is 7.66. The van der Waals surface area contributed by atoms with Gasteiger partial charge in [0, 0.05) is 52.2 Å². The first kappa shape index (κ1) is 17.7. The molecule has 0 N–H and O–H groups in total. The van der Waals surface area contributed by atoms with Gasteiger partial charge in [0.1, 0.15) is 11.6 Å². The number of urea groups is 1. The van der Waals surface area contributed by atoms with Crippen molar-refractivity contribution in [2.45, 2.75) is 38.1 Å². The van der Waals surface area contributed by atoms with Crippen molar-refractivity contribution in [3.05, 3.63) is 11.6 Å². The van der Waals surface area contributed by atoms with E-state index in [0.717, 1.165) is 96.4 Å². The van der Waals surface area contributed by atoms with Crippen LogP contribution in [0.5, 0.6) is 0 Å². The molecular weight excluding hydrogens is 332 g/mol. The van der Waals surface area contributed by atoms with E-state index in [1.807, 2.05) is 9.80 Å². The second-order valence-corrected chi connectivity index (χ2v) is 7.66. The Bertz CT molecular complexity index is 613. The molecule has 3 aliphatic rings. The summed E-state index contributed by atoms with van der Waals surface area (Å²) in [7, 11) is 2.08. The van der Waals surface area contributed by atoms with E-state index in [0.29, 0.717) is 5.92 Å². The van der Waals surface area contributed by atoms with E-state index in [1.54, 1.807) is 0 Å². The highest BCUT2D eigenvalue weighted by Gasteiger charge is 2.30. The van der Waals surface area contributed by atoms with Gasteiger partial charge in [-0.2, -0.15) is 0 Å². The molecule has 0 aromatic carbocycles. The minimum Gasteiger partial charge on any atom is -0.379 e. The first-order valence-corrected chi connectivity index (χ1v) is 9.94. The lowest BCUT2D eigenvalue weighted by molar-refractivity contribution is 0.0326. The maximum atomic E-state index is 12.5. The lowest BCUT2D eigenvalue weighted by Gasteiger charge is -2.34. The third kappa shape index (κ3) is 3.71. The fourth-order valence-corrected chi connectivity index (χ4v) is 4.27. The Morgan fingerprint density at radius 2 is 1.65 bits per heavy atom. The summed E-state index contributed by atoms with van der Waals surface area (Å²) in [5.74, 6) is 2.49. The summed E-state index contributed by atoms with van der Waals surface area (Å²) in [6.07, 6.45) is 4.24. The van der Waals surface area contributed by atoms with Gasteiger partial charge in [-0.1, -0.05) is 0 Å². The molecule has 0 atom stereocenters. The first-order chi connectivity index (χ1) is 12.7. The summed E-state index contributed by atoms with van der Waals surface area (Å²) in [6.45, 7) is 7.84. The summed E-state index contributed by atoms with van der Waals surface area (Å²) in [6, 6.07) is 0.229. The Hall–Kier alpha value is -1.67. The standard InChI is InChI=1S/C18H30N6O2/c1-21-16(14-22-10-12-26-13-11-22)19-20-17(21)15-4-8-24(9-5-15)18(25)23-6-2-3-7-23/h15H,2-14H2,1H3. The minimum absolute atomic E-state index is 0.229. The van der Waals surface area contributed by atoms with Crippen molar-refractivity contribution in [2.24, 2.45) is 7.05 Å². The number of morpholine rings is 1. The largest absolute Gasteiger partial charge is 0.379 e. The molecule has 1 aromatic rings. The predicted octanol–water partition coefficient (Wildman–Crippen LogP) is 1.04. The molecule has 3 fully saturated rings. The fourth-order valence-electron chi connectivity index (χ4n) is 4.27. The highest BCUT2D eigenvalue weighted by atomic mass is 16.5. The SMILES string of the molecule is Cn1c(CN2CCOCC2)nnc1C1CCN(C(=O)N2CCCC2)CC1. The number of nitrogens with zero attached hydrogens (tertiary/aromatic N) is 6. The molecule has 8 heteroatoms. The van der Waals surface area contributed by atoms with Gasteiger partial charge in [-0.25, -0.2) is 4.79 Å². The van der Waals surface area contributed by atoms with Crippen molar-refractivity contribution in [1.82, 2.24) is 29.5 Å². The number of ether oxygens (including phenoxy) is 1. The van der Waals surface area contributed by atoms with Gasteiger partial charge in [-0.3, -0.25) is 4.90 Å². The maximum absolute atomic E-state index is 12.5. The zero-order valence-electron chi connectivity index (χ0n) is 15.8. The molecule has 3 aliphatic heterocycles. The van der Waals surface area contributed by atoms with Crippen LogP contribution in [-0.2, 0) is 18.3 Å². The van der Waals surface area contributed by atoms with Crippen LogP contribution in [-0.4, -0.2) is 88.0 Å². The average Bonchev–Trinajstić information content (AvgIpc) is 3.33. The Balaban J connectivity index is 1.33. The Kier molecular flexibility index (Phi) is 5.40. The molecule has 0 bridgehead atoms. The number of rotatable bonds is 3. The van der Waals surface area contributed by atoms with Crippen LogP contribution in [0.25, 0.3) is 0 Å². The summed E-state index contributed by atoms with van der Waals surface area (Å²) < 4.78 is 7.58. The van der Waals surface area contributed by atoms with E-state index < -0.39 is 0 Å². The highest BCUT2D eigenvalue weighted by Crippen LogP contribution is 2.28. The van der Waals surface area contributed by atoms with Gasteiger partial charge < -0.3 is 19.1 Å². The topological polar surface area (TPSA) is 66.7 Å². The Labute approximate surface area is 155 Å². The summed E-state index contributed by atoms with van der Waals surface area (Å²) >= 11 is 0. The predicted molar refractivity (Wildman–Crippen MR) is 96.9 cm³/mol. The number of hydrogen-bond acceptors (Lipinski definition) is 5. The Morgan fingerprint density at radius 1 is 1.00 bits per heavy atom. The Morgan fingerprint density at radius 3 is 2.35 bits per heavy atom. The van der Waals surface area contributed by atoms with Crippen LogP contribution in [0.4, 0.5) is 4.79 Å². The highest BCUT2D eigenvalue weighted by molar-refractivity contribution is 5.74. The molecule has 0 unspecified atom stereocenters. The summed E-state index contributed by atoms with van der Waals surface area (Å²) in [5, 5.41) is 8.94. The van der Waals surface area contributed by atoms with Gasteiger partial charge in [0.25, 0.3) is 0 Å². The van der Waals surface area contributed by atoms with Crippen LogP contribution in [0.15, 0.2) is 0 Å². The normalized spacial score (nSPS) is 23.0. The zero-order chi connectivity index (χ0) is 17.9. The molecule has 0 spiro atoms. The van der Waals surface area contributed by atoms with Gasteiger partial charge in [0.2, 0.25) is 0 Å². The second kappa shape index (κ2) is 7.92. The molecule has 2 amide bonds. The van der Waals surface area contributed by atoms with Crippen LogP contribution in [0.3, 0.4) is 0 Å². The lowest BCUT2D eigenvalue weighted by Crippen LogP contribution is -2.45. The molecular formula is C18H30N6O2. The molecule has 26 heavy (non-hydrogen) atoms. The molecule has 4 rings (SSSR count).